The highest BCUT2D eigenvalue weighted by molar-refractivity contribution is 7.23. The van der Waals surface area contributed by atoms with Crippen molar-refractivity contribution in [1.29, 1.82) is 0 Å². The lowest BCUT2D eigenvalue weighted by Gasteiger charge is -2.07. The maximum atomic E-state index is 4.86. The number of rotatable bonds is 1. The van der Waals surface area contributed by atoms with Crippen LogP contribution in [0.1, 0.15) is 0 Å². The lowest BCUT2D eigenvalue weighted by Crippen LogP contribution is -2.04. The van der Waals surface area contributed by atoms with Crippen molar-refractivity contribution >= 4 is 49.2 Å². The minimum absolute atomic E-state index is 0.775. The van der Waals surface area contributed by atoms with Crippen molar-refractivity contribution in [1.82, 2.24) is 9.97 Å². The zero-order valence-electron chi connectivity index (χ0n) is 12.2. The number of fused-ring (bicyclic) bond motifs is 4. The Balaban J connectivity index is 1.78. The van der Waals surface area contributed by atoms with Crippen molar-refractivity contribution in [2.75, 3.05) is 11.9 Å². The zero-order chi connectivity index (χ0) is 15.2. The van der Waals surface area contributed by atoms with Crippen molar-refractivity contribution in [3.8, 4) is 11.4 Å². The summed E-state index contributed by atoms with van der Waals surface area (Å²) in [5.74, 6) is 0. The highest BCUT2D eigenvalue weighted by Gasteiger charge is 2.16. The number of thiophene rings is 1. The lowest BCUT2D eigenvalue weighted by atomic mass is 10.1. The second-order valence-electron chi connectivity index (χ2n) is 5.40. The van der Waals surface area contributed by atoms with Crippen LogP contribution < -0.4 is 5.32 Å². The molecule has 1 aromatic carbocycles. The predicted molar refractivity (Wildman–Crippen MR) is 97.0 cm³/mol. The summed E-state index contributed by atoms with van der Waals surface area (Å²) in [5, 5.41) is 6.74. The molecule has 5 heteroatoms. The average Bonchev–Trinajstić information content (AvgIpc) is 2.99. The summed E-state index contributed by atoms with van der Waals surface area (Å²) in [4.78, 5) is 13.9. The van der Waals surface area contributed by atoms with Gasteiger partial charge in [-0.2, -0.15) is 0 Å². The van der Waals surface area contributed by atoms with Crippen molar-refractivity contribution < 1.29 is 0 Å². The van der Waals surface area contributed by atoms with E-state index in [9.17, 15) is 0 Å². The highest BCUT2D eigenvalue weighted by Crippen LogP contribution is 2.43. The molecule has 4 heterocycles. The van der Waals surface area contributed by atoms with Crippen molar-refractivity contribution in [2.45, 2.75) is 0 Å². The summed E-state index contributed by atoms with van der Waals surface area (Å²) in [6, 6.07) is 14.4. The first-order chi connectivity index (χ1) is 11.4. The summed E-state index contributed by atoms with van der Waals surface area (Å²) in [5.41, 5.74) is 3.69. The fraction of sp³-hybridized carbons (Fsp3) is 0.0556. The molecule has 0 fully saturated rings. The molecule has 0 radical (unpaired) electrons. The Bertz CT molecular complexity index is 1080. The number of pyridine rings is 2. The third-order valence-electron chi connectivity index (χ3n) is 4.00. The van der Waals surface area contributed by atoms with Gasteiger partial charge in [0, 0.05) is 17.8 Å². The van der Waals surface area contributed by atoms with Gasteiger partial charge in [0.2, 0.25) is 0 Å². The van der Waals surface area contributed by atoms with Crippen molar-refractivity contribution in [3.63, 3.8) is 0 Å². The Hall–Kier alpha value is -2.79. The largest absolute Gasteiger partial charge is 0.370 e. The van der Waals surface area contributed by atoms with Crippen LogP contribution in [0.25, 0.3) is 32.4 Å². The van der Waals surface area contributed by atoms with E-state index in [1.165, 1.54) is 5.39 Å². The van der Waals surface area contributed by atoms with Gasteiger partial charge in [-0.3, -0.25) is 9.98 Å². The van der Waals surface area contributed by atoms with E-state index in [4.69, 9.17) is 4.98 Å². The molecule has 0 saturated heterocycles. The van der Waals surface area contributed by atoms with E-state index in [1.54, 1.807) is 11.3 Å². The number of hydrogen-bond donors (Lipinski definition) is 1. The van der Waals surface area contributed by atoms with Gasteiger partial charge in [-0.15, -0.1) is 11.3 Å². The monoisotopic (exact) mass is 316 g/mol. The summed E-state index contributed by atoms with van der Waals surface area (Å²) >= 11 is 1.70. The van der Waals surface area contributed by atoms with Gasteiger partial charge in [0.25, 0.3) is 0 Å². The molecule has 5 rings (SSSR count). The van der Waals surface area contributed by atoms with E-state index in [0.717, 1.165) is 44.2 Å². The van der Waals surface area contributed by atoms with Crippen LogP contribution in [0.15, 0.2) is 53.7 Å². The first-order valence-corrected chi connectivity index (χ1v) is 8.26. The van der Waals surface area contributed by atoms with Crippen LogP contribution in [-0.2, 0) is 0 Å². The SMILES string of the molecule is C1=Nc2c(sc3ccc(-c4nccc5ccccc45)nc23)NC1. The van der Waals surface area contributed by atoms with Gasteiger partial charge < -0.3 is 5.32 Å². The summed E-state index contributed by atoms with van der Waals surface area (Å²) < 4.78 is 1.14. The van der Waals surface area contributed by atoms with E-state index >= 15 is 0 Å². The molecule has 4 nitrogen and oxygen atoms in total. The van der Waals surface area contributed by atoms with Gasteiger partial charge >= 0.3 is 0 Å². The molecule has 4 aromatic rings. The van der Waals surface area contributed by atoms with Crippen molar-refractivity contribution in [2.24, 2.45) is 4.99 Å². The fourth-order valence-electron chi connectivity index (χ4n) is 2.93. The fourth-order valence-corrected chi connectivity index (χ4v) is 3.93. The second kappa shape index (κ2) is 4.86. The normalized spacial score (nSPS) is 13.2. The number of hydrogen-bond acceptors (Lipinski definition) is 5. The molecule has 0 spiro atoms. The molecule has 1 N–H and O–H groups in total. The Morgan fingerprint density at radius 3 is 3.00 bits per heavy atom. The molecule has 0 saturated carbocycles. The Labute approximate surface area is 136 Å². The van der Waals surface area contributed by atoms with E-state index in [-0.39, 0.29) is 0 Å². The van der Waals surface area contributed by atoms with Crippen LogP contribution in [0.3, 0.4) is 0 Å². The number of benzene rings is 1. The topological polar surface area (TPSA) is 50.2 Å². The van der Waals surface area contributed by atoms with Crippen LogP contribution in [0.2, 0.25) is 0 Å². The molecule has 0 atom stereocenters. The van der Waals surface area contributed by atoms with Gasteiger partial charge in [-0.05, 0) is 23.6 Å². The summed E-state index contributed by atoms with van der Waals surface area (Å²) in [6.45, 7) is 0.775. The first-order valence-electron chi connectivity index (χ1n) is 7.44. The molecule has 23 heavy (non-hydrogen) atoms. The standard InChI is InChI=1S/C18H12N4S/c1-2-4-12-11(3-1)7-8-19-15(12)13-5-6-14-16(22-13)17-18(23-14)21-10-9-20-17/h1-9,21H,10H2. The molecule has 0 aliphatic carbocycles. The molecule has 0 amide bonds. The van der Waals surface area contributed by atoms with Crippen LogP contribution in [-0.4, -0.2) is 22.7 Å². The van der Waals surface area contributed by atoms with Crippen LogP contribution in [0, 0.1) is 0 Å². The van der Waals surface area contributed by atoms with Crippen LogP contribution in [0.4, 0.5) is 10.7 Å². The van der Waals surface area contributed by atoms with Gasteiger partial charge in [-0.25, -0.2) is 4.98 Å². The lowest BCUT2D eigenvalue weighted by molar-refractivity contribution is 1.30. The molecule has 1 aliphatic rings. The molecule has 3 aromatic heterocycles. The molecule has 0 bridgehead atoms. The first kappa shape index (κ1) is 12.7. The maximum absolute atomic E-state index is 4.86. The van der Waals surface area contributed by atoms with Gasteiger partial charge in [0.15, 0.2) is 0 Å². The van der Waals surface area contributed by atoms with E-state index in [0.29, 0.717) is 0 Å². The number of anilines is 1. The second-order valence-corrected chi connectivity index (χ2v) is 6.45. The molecule has 0 unspecified atom stereocenters. The smallest absolute Gasteiger partial charge is 0.123 e. The predicted octanol–water partition coefficient (Wildman–Crippen LogP) is 4.64. The minimum Gasteiger partial charge on any atom is -0.370 e. The summed E-state index contributed by atoms with van der Waals surface area (Å²) in [6.07, 6.45) is 3.73. The van der Waals surface area contributed by atoms with E-state index in [1.807, 2.05) is 36.7 Å². The quantitative estimate of drug-likeness (QED) is 0.556. The van der Waals surface area contributed by atoms with E-state index in [2.05, 4.69) is 33.5 Å². The van der Waals surface area contributed by atoms with Crippen LogP contribution in [0.5, 0.6) is 0 Å². The maximum Gasteiger partial charge on any atom is 0.123 e. The van der Waals surface area contributed by atoms with Gasteiger partial charge in [0.05, 0.1) is 22.6 Å². The van der Waals surface area contributed by atoms with Crippen molar-refractivity contribution in [3.05, 3.63) is 48.7 Å². The third kappa shape index (κ3) is 1.94. The third-order valence-corrected chi connectivity index (χ3v) is 5.09. The Morgan fingerprint density at radius 2 is 2.00 bits per heavy atom. The number of nitrogens with zero attached hydrogens (tertiary/aromatic N) is 3. The number of nitrogens with one attached hydrogen (secondary N) is 1. The number of aromatic nitrogens is 2. The Morgan fingerprint density at radius 1 is 1.04 bits per heavy atom. The molecule has 1 aliphatic heterocycles. The van der Waals surface area contributed by atoms with E-state index < -0.39 is 0 Å². The molecule has 110 valence electrons. The Kier molecular flexibility index (Phi) is 2.69. The zero-order valence-corrected chi connectivity index (χ0v) is 13.0. The molecular formula is C18H12N4S. The van der Waals surface area contributed by atoms with Gasteiger partial charge in [-0.1, -0.05) is 24.3 Å². The average molecular weight is 316 g/mol. The minimum atomic E-state index is 0.775. The van der Waals surface area contributed by atoms with Gasteiger partial charge in [0.1, 0.15) is 16.2 Å². The molecular weight excluding hydrogens is 304 g/mol. The summed E-state index contributed by atoms with van der Waals surface area (Å²) in [7, 11) is 0. The van der Waals surface area contributed by atoms with Crippen LogP contribution >= 0.6 is 11.3 Å². The highest BCUT2D eigenvalue weighted by atomic mass is 32.1. The number of aliphatic imine (C=N–C) groups is 1.